The Labute approximate surface area is 198 Å². The van der Waals surface area contributed by atoms with E-state index < -0.39 is 11.6 Å². The highest BCUT2D eigenvalue weighted by molar-refractivity contribution is 5.92. The predicted octanol–water partition coefficient (Wildman–Crippen LogP) is 0.791. The highest BCUT2D eigenvalue weighted by Crippen LogP contribution is 2.27. The fourth-order valence-corrected chi connectivity index (χ4v) is 5.43. The second kappa shape index (κ2) is 11.1. The van der Waals surface area contributed by atoms with Crippen molar-refractivity contribution in [3.63, 3.8) is 0 Å². The topological polar surface area (TPSA) is 102 Å². The van der Waals surface area contributed by atoms with Crippen LogP contribution >= 0.6 is 0 Å². The Hall–Kier alpha value is -1.71. The normalized spacial score (nSPS) is 23.2. The molecule has 3 amide bonds. The van der Waals surface area contributed by atoms with Crippen LogP contribution in [0.15, 0.2) is 0 Å². The van der Waals surface area contributed by atoms with Gasteiger partial charge in [0.2, 0.25) is 17.7 Å². The van der Waals surface area contributed by atoms with E-state index in [0.717, 1.165) is 58.4 Å². The first-order valence-corrected chi connectivity index (χ1v) is 12.8. The average molecular weight is 465 g/mol. The van der Waals surface area contributed by atoms with Gasteiger partial charge in [-0.3, -0.25) is 14.4 Å². The molecule has 0 radical (unpaired) electrons. The number of hydrogen-bond donors (Lipinski definition) is 2. The SMILES string of the molecule is CC(=O)N1CCC(N(CC(C)C)N2CCN(C(=O)[C@@H](C)NC(=O)C3(N)CCCC3)CC2)CC1. The number of carbonyl (C=O) groups is 3. The summed E-state index contributed by atoms with van der Waals surface area (Å²) in [5.74, 6) is 0.463. The molecule has 0 unspecified atom stereocenters. The molecule has 1 aliphatic carbocycles. The van der Waals surface area contributed by atoms with Crippen molar-refractivity contribution >= 4 is 17.7 Å². The molecule has 3 N–H and O–H groups in total. The first-order valence-electron chi connectivity index (χ1n) is 12.8. The molecule has 33 heavy (non-hydrogen) atoms. The van der Waals surface area contributed by atoms with Crippen LogP contribution in [0.3, 0.4) is 0 Å². The van der Waals surface area contributed by atoms with Crippen LogP contribution in [-0.2, 0) is 14.4 Å². The summed E-state index contributed by atoms with van der Waals surface area (Å²) in [5.41, 5.74) is 5.43. The zero-order valence-electron chi connectivity index (χ0n) is 21.0. The van der Waals surface area contributed by atoms with Crippen molar-refractivity contribution in [2.45, 2.75) is 83.8 Å². The number of likely N-dealkylation sites (tertiary alicyclic amines) is 1. The summed E-state index contributed by atoms with van der Waals surface area (Å²) in [5, 5.41) is 7.76. The lowest BCUT2D eigenvalue weighted by Gasteiger charge is -2.47. The second-order valence-electron chi connectivity index (χ2n) is 10.6. The van der Waals surface area contributed by atoms with E-state index in [0.29, 0.717) is 37.9 Å². The number of nitrogens with one attached hydrogen (secondary N) is 1. The van der Waals surface area contributed by atoms with Gasteiger partial charge in [-0.25, -0.2) is 10.0 Å². The van der Waals surface area contributed by atoms with Crippen molar-refractivity contribution in [3.05, 3.63) is 0 Å². The smallest absolute Gasteiger partial charge is 0.244 e. The Morgan fingerprint density at radius 2 is 1.55 bits per heavy atom. The summed E-state index contributed by atoms with van der Waals surface area (Å²) >= 11 is 0. The molecule has 3 aliphatic rings. The fourth-order valence-electron chi connectivity index (χ4n) is 5.43. The van der Waals surface area contributed by atoms with Gasteiger partial charge in [-0.1, -0.05) is 26.7 Å². The van der Waals surface area contributed by atoms with E-state index in [-0.39, 0.29) is 17.7 Å². The number of nitrogens with zero attached hydrogens (tertiary/aromatic N) is 4. The molecule has 188 valence electrons. The molecule has 0 aromatic heterocycles. The van der Waals surface area contributed by atoms with Crippen LogP contribution in [0.1, 0.15) is 66.2 Å². The first-order chi connectivity index (χ1) is 15.6. The number of nitrogens with two attached hydrogens (primary N) is 1. The summed E-state index contributed by atoms with van der Waals surface area (Å²) in [6, 6.07) is -0.136. The van der Waals surface area contributed by atoms with E-state index in [2.05, 4.69) is 29.2 Å². The maximum absolute atomic E-state index is 13.0. The Morgan fingerprint density at radius 3 is 2.06 bits per heavy atom. The molecule has 0 aromatic rings. The van der Waals surface area contributed by atoms with Crippen molar-refractivity contribution in [1.29, 1.82) is 0 Å². The lowest BCUT2D eigenvalue weighted by molar-refractivity contribution is -0.146. The summed E-state index contributed by atoms with van der Waals surface area (Å²) in [6.07, 6.45) is 5.28. The third kappa shape index (κ3) is 6.45. The Bertz CT molecular complexity index is 692. The molecule has 2 saturated heterocycles. The third-order valence-corrected chi connectivity index (χ3v) is 7.48. The van der Waals surface area contributed by atoms with Crippen LogP contribution in [0.2, 0.25) is 0 Å². The van der Waals surface area contributed by atoms with Gasteiger partial charge in [-0.2, -0.15) is 0 Å². The molecule has 2 heterocycles. The summed E-state index contributed by atoms with van der Waals surface area (Å²) in [7, 11) is 0. The molecule has 1 saturated carbocycles. The molecule has 1 atom stereocenters. The van der Waals surface area contributed by atoms with Gasteiger partial charge < -0.3 is 20.9 Å². The van der Waals surface area contributed by atoms with E-state index in [4.69, 9.17) is 5.73 Å². The molecular formula is C24H44N6O3. The molecule has 9 nitrogen and oxygen atoms in total. The summed E-state index contributed by atoms with van der Waals surface area (Å²) in [6.45, 7) is 13.3. The Morgan fingerprint density at radius 1 is 0.970 bits per heavy atom. The second-order valence-corrected chi connectivity index (χ2v) is 10.6. The van der Waals surface area contributed by atoms with Gasteiger partial charge in [-0.05, 0) is 38.5 Å². The van der Waals surface area contributed by atoms with E-state index in [1.54, 1.807) is 13.8 Å². The van der Waals surface area contributed by atoms with Gasteiger partial charge in [0, 0.05) is 58.8 Å². The molecule has 3 fully saturated rings. The minimum absolute atomic E-state index is 0.0326. The van der Waals surface area contributed by atoms with Gasteiger partial charge in [0.05, 0.1) is 5.54 Å². The molecule has 0 bridgehead atoms. The monoisotopic (exact) mass is 464 g/mol. The number of hydrogen-bond acceptors (Lipinski definition) is 6. The molecular weight excluding hydrogens is 420 g/mol. The molecule has 2 aliphatic heterocycles. The lowest BCUT2D eigenvalue weighted by Crippen LogP contribution is -2.62. The van der Waals surface area contributed by atoms with Crippen LogP contribution in [0, 0.1) is 5.92 Å². The Kier molecular flexibility index (Phi) is 8.75. The minimum atomic E-state index is -0.817. The van der Waals surface area contributed by atoms with Gasteiger partial charge in [0.25, 0.3) is 0 Å². The lowest BCUT2D eigenvalue weighted by atomic mass is 9.97. The third-order valence-electron chi connectivity index (χ3n) is 7.48. The number of hydrazine groups is 1. The Balaban J connectivity index is 1.52. The number of carbonyl (C=O) groups excluding carboxylic acids is 3. The summed E-state index contributed by atoms with van der Waals surface area (Å²) in [4.78, 5) is 41.1. The van der Waals surface area contributed by atoms with E-state index in [9.17, 15) is 14.4 Å². The van der Waals surface area contributed by atoms with Crippen LogP contribution < -0.4 is 11.1 Å². The van der Waals surface area contributed by atoms with Crippen LogP contribution in [-0.4, -0.2) is 101 Å². The maximum atomic E-state index is 13.0. The van der Waals surface area contributed by atoms with Crippen molar-refractivity contribution in [1.82, 2.24) is 25.1 Å². The van der Waals surface area contributed by atoms with Crippen molar-refractivity contribution in [3.8, 4) is 0 Å². The van der Waals surface area contributed by atoms with Gasteiger partial charge in [0.15, 0.2) is 0 Å². The molecule has 9 heteroatoms. The number of amides is 3. The fraction of sp³-hybridized carbons (Fsp3) is 0.875. The van der Waals surface area contributed by atoms with Crippen molar-refractivity contribution in [2.75, 3.05) is 45.8 Å². The number of rotatable bonds is 7. The van der Waals surface area contributed by atoms with Gasteiger partial charge in [0.1, 0.15) is 6.04 Å². The van der Waals surface area contributed by atoms with E-state index in [1.165, 1.54) is 0 Å². The zero-order valence-corrected chi connectivity index (χ0v) is 21.0. The highest BCUT2D eigenvalue weighted by atomic mass is 16.2. The molecule has 3 rings (SSSR count). The van der Waals surface area contributed by atoms with E-state index in [1.807, 2.05) is 9.80 Å². The van der Waals surface area contributed by atoms with Crippen LogP contribution in [0.5, 0.6) is 0 Å². The standard InChI is InChI=1S/C24H44N6O3/c1-18(2)17-30(21-7-11-27(12-8-21)20(4)31)29-15-13-28(14-16-29)22(32)19(3)26-23(33)24(25)9-5-6-10-24/h18-19,21H,5-17,25H2,1-4H3,(H,26,33)/t19-/m1/s1. The summed E-state index contributed by atoms with van der Waals surface area (Å²) < 4.78 is 0. The van der Waals surface area contributed by atoms with Crippen molar-refractivity contribution in [2.24, 2.45) is 11.7 Å². The predicted molar refractivity (Wildman–Crippen MR) is 128 cm³/mol. The largest absolute Gasteiger partial charge is 0.343 e. The zero-order chi connectivity index (χ0) is 24.2. The maximum Gasteiger partial charge on any atom is 0.244 e. The van der Waals surface area contributed by atoms with Crippen molar-refractivity contribution < 1.29 is 14.4 Å². The first kappa shape index (κ1) is 25.9. The average Bonchev–Trinajstić information content (AvgIpc) is 3.25. The minimum Gasteiger partial charge on any atom is -0.343 e. The van der Waals surface area contributed by atoms with Crippen LogP contribution in [0.25, 0.3) is 0 Å². The molecule has 0 spiro atoms. The molecule has 0 aromatic carbocycles. The van der Waals surface area contributed by atoms with Gasteiger partial charge in [-0.15, -0.1) is 0 Å². The van der Waals surface area contributed by atoms with Gasteiger partial charge >= 0.3 is 0 Å². The number of piperazine rings is 1. The van der Waals surface area contributed by atoms with Crippen LogP contribution in [0.4, 0.5) is 0 Å². The highest BCUT2D eigenvalue weighted by Gasteiger charge is 2.39. The quantitative estimate of drug-likeness (QED) is 0.578. The number of piperidine rings is 1. The van der Waals surface area contributed by atoms with E-state index >= 15 is 0 Å².